The molecule has 0 aromatic carbocycles. The molecular weight excluding hydrogens is 208 g/mol. The Morgan fingerprint density at radius 2 is 2.12 bits per heavy atom. The molecule has 2 N–H and O–H groups in total. The van der Waals surface area contributed by atoms with Crippen LogP contribution < -0.4 is 5.73 Å². The lowest BCUT2D eigenvalue weighted by molar-refractivity contribution is 0.589. The molecule has 16 heavy (non-hydrogen) atoms. The fourth-order valence-electron chi connectivity index (χ4n) is 1.75. The van der Waals surface area contributed by atoms with Gasteiger partial charge in [0.1, 0.15) is 6.54 Å². The number of aromatic nitrogens is 7. The predicted molar refractivity (Wildman–Crippen MR) is 54.3 cm³/mol. The van der Waals surface area contributed by atoms with Crippen molar-refractivity contribution in [2.75, 3.05) is 5.73 Å². The van der Waals surface area contributed by atoms with E-state index in [9.17, 15) is 0 Å². The van der Waals surface area contributed by atoms with E-state index in [1.54, 1.807) is 11.7 Å². The van der Waals surface area contributed by atoms with Gasteiger partial charge in [-0.2, -0.15) is 4.80 Å². The summed E-state index contributed by atoms with van der Waals surface area (Å²) >= 11 is 0. The second kappa shape index (κ2) is 3.26. The van der Waals surface area contributed by atoms with Crippen molar-refractivity contribution in [2.24, 2.45) is 7.05 Å². The number of nitrogens with zero attached hydrogens (tertiary/aromatic N) is 7. The molecule has 2 heterocycles. The molecule has 1 fully saturated rings. The maximum absolute atomic E-state index is 5.79. The summed E-state index contributed by atoms with van der Waals surface area (Å²) in [7, 11) is 1.73. The summed E-state index contributed by atoms with van der Waals surface area (Å²) in [5.41, 5.74) is 6.79. The zero-order chi connectivity index (χ0) is 11.1. The number of nitrogens with two attached hydrogens (primary N) is 1. The number of hydrogen-bond donors (Lipinski definition) is 1. The molecule has 84 valence electrons. The van der Waals surface area contributed by atoms with Gasteiger partial charge >= 0.3 is 0 Å². The van der Waals surface area contributed by atoms with Gasteiger partial charge in [0.05, 0.1) is 12.7 Å². The van der Waals surface area contributed by atoms with Crippen LogP contribution in [0.15, 0.2) is 0 Å². The first-order valence-corrected chi connectivity index (χ1v) is 5.16. The monoisotopic (exact) mass is 220 g/mol. The normalized spacial score (nSPS) is 15.6. The topological polar surface area (TPSA) is 100 Å². The number of aryl methyl sites for hydroxylation is 1. The molecular formula is C8H12N8. The molecule has 1 saturated carbocycles. The Morgan fingerprint density at radius 3 is 2.75 bits per heavy atom. The molecule has 0 amide bonds. The van der Waals surface area contributed by atoms with Crippen molar-refractivity contribution < 1.29 is 0 Å². The van der Waals surface area contributed by atoms with E-state index in [4.69, 9.17) is 5.73 Å². The van der Waals surface area contributed by atoms with Crippen LogP contribution in [0.3, 0.4) is 0 Å². The molecule has 0 radical (unpaired) electrons. The van der Waals surface area contributed by atoms with Gasteiger partial charge in [-0.15, -0.1) is 15.3 Å². The average Bonchev–Trinajstić information content (AvgIpc) is 2.91. The van der Waals surface area contributed by atoms with Crippen LogP contribution in [0.1, 0.15) is 30.3 Å². The Kier molecular flexibility index (Phi) is 1.88. The number of rotatable bonds is 3. The fourth-order valence-corrected chi connectivity index (χ4v) is 1.75. The first-order valence-electron chi connectivity index (χ1n) is 5.16. The summed E-state index contributed by atoms with van der Waals surface area (Å²) in [5.74, 6) is 1.65. The van der Waals surface area contributed by atoms with Gasteiger partial charge in [-0.1, -0.05) is 5.21 Å². The third-order valence-electron chi connectivity index (χ3n) is 2.61. The van der Waals surface area contributed by atoms with E-state index < -0.39 is 0 Å². The van der Waals surface area contributed by atoms with Crippen molar-refractivity contribution in [3.05, 3.63) is 11.5 Å². The SMILES string of the molecule is Cn1nnc(Cn2nnc(N)c2C2CC2)n1. The molecule has 1 aliphatic carbocycles. The van der Waals surface area contributed by atoms with Gasteiger partial charge < -0.3 is 5.73 Å². The second-order valence-corrected chi connectivity index (χ2v) is 3.99. The highest BCUT2D eigenvalue weighted by atomic mass is 15.6. The summed E-state index contributed by atoms with van der Waals surface area (Å²) in [6.45, 7) is 0.476. The minimum Gasteiger partial charge on any atom is -0.381 e. The number of nitrogen functional groups attached to an aromatic ring is 1. The van der Waals surface area contributed by atoms with Gasteiger partial charge in [-0.25, -0.2) is 4.68 Å². The van der Waals surface area contributed by atoms with Crippen LogP contribution in [0, 0.1) is 0 Å². The van der Waals surface area contributed by atoms with Crippen LogP contribution in [-0.4, -0.2) is 35.2 Å². The van der Waals surface area contributed by atoms with E-state index in [1.165, 1.54) is 4.80 Å². The highest BCUT2D eigenvalue weighted by Gasteiger charge is 2.30. The van der Waals surface area contributed by atoms with Gasteiger partial charge in [0.15, 0.2) is 11.6 Å². The lowest BCUT2D eigenvalue weighted by Crippen LogP contribution is -2.08. The van der Waals surface area contributed by atoms with E-state index in [0.29, 0.717) is 24.1 Å². The average molecular weight is 220 g/mol. The van der Waals surface area contributed by atoms with Crippen molar-refractivity contribution in [2.45, 2.75) is 25.3 Å². The van der Waals surface area contributed by atoms with Crippen LogP contribution in [-0.2, 0) is 13.6 Å². The third-order valence-corrected chi connectivity index (χ3v) is 2.61. The minimum atomic E-state index is 0.476. The highest BCUT2D eigenvalue weighted by molar-refractivity contribution is 5.38. The molecule has 2 aromatic rings. The smallest absolute Gasteiger partial charge is 0.196 e. The Bertz CT molecular complexity index is 508. The van der Waals surface area contributed by atoms with E-state index in [0.717, 1.165) is 18.5 Å². The van der Waals surface area contributed by atoms with Crippen LogP contribution in [0.25, 0.3) is 0 Å². The van der Waals surface area contributed by atoms with E-state index >= 15 is 0 Å². The summed E-state index contributed by atoms with van der Waals surface area (Å²) < 4.78 is 1.77. The second-order valence-electron chi connectivity index (χ2n) is 3.99. The van der Waals surface area contributed by atoms with Gasteiger partial charge in [0.25, 0.3) is 0 Å². The van der Waals surface area contributed by atoms with E-state index in [1.807, 2.05) is 0 Å². The molecule has 2 aromatic heterocycles. The lowest BCUT2D eigenvalue weighted by atomic mass is 10.3. The van der Waals surface area contributed by atoms with Gasteiger partial charge in [0.2, 0.25) is 0 Å². The molecule has 0 atom stereocenters. The van der Waals surface area contributed by atoms with Crippen molar-refractivity contribution in [3.8, 4) is 0 Å². The van der Waals surface area contributed by atoms with Gasteiger partial charge in [-0.3, -0.25) is 0 Å². The maximum Gasteiger partial charge on any atom is 0.196 e. The zero-order valence-corrected chi connectivity index (χ0v) is 8.91. The molecule has 0 saturated heterocycles. The molecule has 3 rings (SSSR count). The van der Waals surface area contributed by atoms with Crippen molar-refractivity contribution in [3.63, 3.8) is 0 Å². The predicted octanol–water partition coefficient (Wildman–Crippen LogP) is -0.691. The molecule has 8 nitrogen and oxygen atoms in total. The van der Waals surface area contributed by atoms with E-state index in [-0.39, 0.29) is 0 Å². The van der Waals surface area contributed by atoms with Crippen molar-refractivity contribution in [1.29, 1.82) is 0 Å². The number of hydrogen-bond acceptors (Lipinski definition) is 6. The molecule has 8 heteroatoms. The molecule has 0 spiro atoms. The van der Waals surface area contributed by atoms with Crippen molar-refractivity contribution >= 4 is 5.82 Å². The zero-order valence-electron chi connectivity index (χ0n) is 8.91. The number of anilines is 1. The van der Waals surface area contributed by atoms with E-state index in [2.05, 4.69) is 25.7 Å². The van der Waals surface area contributed by atoms with Gasteiger partial charge in [-0.05, 0) is 18.1 Å². The largest absolute Gasteiger partial charge is 0.381 e. The fraction of sp³-hybridized carbons (Fsp3) is 0.625. The van der Waals surface area contributed by atoms with Crippen molar-refractivity contribution in [1.82, 2.24) is 35.2 Å². The molecule has 0 bridgehead atoms. The molecule has 0 aliphatic heterocycles. The quantitative estimate of drug-likeness (QED) is 0.734. The summed E-state index contributed by atoms with van der Waals surface area (Å²) in [5, 5.41) is 19.7. The Morgan fingerprint density at radius 1 is 1.31 bits per heavy atom. The van der Waals surface area contributed by atoms with Crippen LogP contribution in [0.2, 0.25) is 0 Å². The first-order chi connectivity index (χ1) is 7.74. The highest BCUT2D eigenvalue weighted by Crippen LogP contribution is 2.41. The summed E-state index contributed by atoms with van der Waals surface area (Å²) in [6.07, 6.45) is 2.32. The third kappa shape index (κ3) is 1.51. The number of tetrazole rings is 1. The molecule has 0 unspecified atom stereocenters. The van der Waals surface area contributed by atoms with Crippen LogP contribution in [0.4, 0.5) is 5.82 Å². The Labute approximate surface area is 91.4 Å². The maximum atomic E-state index is 5.79. The molecule has 1 aliphatic rings. The van der Waals surface area contributed by atoms with Crippen LogP contribution in [0.5, 0.6) is 0 Å². The summed E-state index contributed by atoms with van der Waals surface area (Å²) in [6, 6.07) is 0. The standard InChI is InChI=1S/C8H12N8/c1-15-12-6(10-13-15)4-16-7(5-2-3-5)8(9)11-14-16/h5H,2-4,9H2,1H3. The minimum absolute atomic E-state index is 0.476. The van der Waals surface area contributed by atoms with Gasteiger partial charge in [0, 0.05) is 5.92 Å². The Balaban J connectivity index is 1.89. The first kappa shape index (κ1) is 9.25. The van der Waals surface area contributed by atoms with Crippen LogP contribution >= 0.6 is 0 Å². The lowest BCUT2D eigenvalue weighted by Gasteiger charge is -2.01. The summed E-state index contributed by atoms with van der Waals surface area (Å²) in [4.78, 5) is 1.42. The Hall–Kier alpha value is -1.99.